The van der Waals surface area contributed by atoms with E-state index in [9.17, 15) is 10.1 Å². The van der Waals surface area contributed by atoms with Crippen LogP contribution in [0.4, 0.5) is 5.69 Å². The molecule has 0 aliphatic carbocycles. The Labute approximate surface area is 106 Å². The maximum atomic E-state index is 10.5. The fraction of sp³-hybridized carbons (Fsp3) is 0. The maximum absolute atomic E-state index is 10.5. The highest BCUT2D eigenvalue weighted by Crippen LogP contribution is 2.25. The van der Waals surface area contributed by atoms with Gasteiger partial charge in [0, 0.05) is 17.5 Å². The van der Waals surface area contributed by atoms with E-state index in [0.717, 1.165) is 14.6 Å². The monoisotopic (exact) mass is 415 g/mol. The van der Waals surface area contributed by atoms with Gasteiger partial charge < -0.3 is 0 Å². The van der Waals surface area contributed by atoms with Gasteiger partial charge in [0.15, 0.2) is 0 Å². The van der Waals surface area contributed by atoms with E-state index >= 15 is 0 Å². The summed E-state index contributed by atoms with van der Waals surface area (Å²) < 4.78 is 2.46. The molecule has 1 aromatic heterocycles. The highest BCUT2D eigenvalue weighted by molar-refractivity contribution is 14.1. The molecule has 1 heterocycles. The standard InChI is InChI=1S/C7H3I2N3O2/c8-7-5-2-1-4(12(13)14)3-6(5)11(9)10-7/h1-3H. The first-order valence-corrected chi connectivity index (χ1v) is 5.63. The van der Waals surface area contributed by atoms with E-state index in [1.165, 1.54) is 12.1 Å². The van der Waals surface area contributed by atoms with Crippen LogP contribution in [0.15, 0.2) is 18.2 Å². The summed E-state index contributed by atoms with van der Waals surface area (Å²) in [6.07, 6.45) is 0. The summed E-state index contributed by atoms with van der Waals surface area (Å²) in [6.45, 7) is 0. The molecular weight excluding hydrogens is 412 g/mol. The summed E-state index contributed by atoms with van der Waals surface area (Å²) >= 11 is 4.10. The Morgan fingerprint density at radius 3 is 2.86 bits per heavy atom. The Balaban J connectivity index is 2.77. The van der Waals surface area contributed by atoms with Gasteiger partial charge in [-0.05, 0) is 28.7 Å². The Kier molecular flexibility index (Phi) is 2.60. The highest BCUT2D eigenvalue weighted by Gasteiger charge is 2.12. The third-order valence-electron chi connectivity index (χ3n) is 1.79. The molecule has 0 saturated carbocycles. The van der Waals surface area contributed by atoms with Gasteiger partial charge >= 0.3 is 0 Å². The first kappa shape index (κ1) is 10.1. The fourth-order valence-corrected chi connectivity index (χ4v) is 2.85. The van der Waals surface area contributed by atoms with E-state index in [1.807, 2.05) is 22.9 Å². The van der Waals surface area contributed by atoms with Crippen molar-refractivity contribution in [1.82, 2.24) is 7.99 Å². The van der Waals surface area contributed by atoms with E-state index in [1.54, 1.807) is 8.96 Å². The minimum atomic E-state index is -0.407. The van der Waals surface area contributed by atoms with E-state index in [-0.39, 0.29) is 5.69 Å². The number of hydrogen-bond donors (Lipinski definition) is 0. The van der Waals surface area contributed by atoms with Gasteiger partial charge in [-0.15, -0.1) is 0 Å². The minimum Gasteiger partial charge on any atom is -0.258 e. The number of benzene rings is 1. The van der Waals surface area contributed by atoms with Crippen LogP contribution in [-0.2, 0) is 0 Å². The van der Waals surface area contributed by atoms with Crippen molar-refractivity contribution in [3.05, 3.63) is 32.0 Å². The summed E-state index contributed by atoms with van der Waals surface area (Å²) in [6, 6.07) is 4.73. The predicted octanol–water partition coefficient (Wildman–Crippen LogP) is 2.75. The molecule has 0 aliphatic heterocycles. The summed E-state index contributed by atoms with van der Waals surface area (Å²) in [5, 5.41) is 15.6. The van der Waals surface area contributed by atoms with Crippen molar-refractivity contribution in [2.75, 3.05) is 0 Å². The maximum Gasteiger partial charge on any atom is 0.271 e. The summed E-state index contributed by atoms with van der Waals surface area (Å²) in [4.78, 5) is 10.1. The molecule has 0 radical (unpaired) electrons. The first-order chi connectivity index (χ1) is 6.59. The average Bonchev–Trinajstić information content (AvgIpc) is 2.42. The van der Waals surface area contributed by atoms with Crippen LogP contribution in [0.25, 0.3) is 10.9 Å². The van der Waals surface area contributed by atoms with Crippen molar-refractivity contribution in [2.24, 2.45) is 0 Å². The van der Waals surface area contributed by atoms with Crippen molar-refractivity contribution in [1.29, 1.82) is 0 Å². The van der Waals surface area contributed by atoms with Gasteiger partial charge in [-0.2, -0.15) is 5.10 Å². The van der Waals surface area contributed by atoms with Crippen molar-refractivity contribution in [3.8, 4) is 0 Å². The normalized spacial score (nSPS) is 10.7. The smallest absolute Gasteiger partial charge is 0.258 e. The Morgan fingerprint density at radius 2 is 2.21 bits per heavy atom. The lowest BCUT2D eigenvalue weighted by Crippen LogP contribution is -1.87. The number of halogens is 2. The quantitative estimate of drug-likeness (QED) is 0.409. The third-order valence-corrected chi connectivity index (χ3v) is 3.32. The number of rotatable bonds is 1. The lowest BCUT2D eigenvalue weighted by molar-refractivity contribution is -0.384. The SMILES string of the molecule is O=[N+]([O-])c1ccc2c(I)nn(I)c2c1. The van der Waals surface area contributed by atoms with Gasteiger partial charge in [0.25, 0.3) is 5.69 Å². The molecule has 0 spiro atoms. The van der Waals surface area contributed by atoms with E-state index in [4.69, 9.17) is 0 Å². The van der Waals surface area contributed by atoms with Gasteiger partial charge in [0.05, 0.1) is 33.3 Å². The number of hydrogen-bond acceptors (Lipinski definition) is 3. The molecule has 0 amide bonds. The molecule has 0 unspecified atom stereocenters. The van der Waals surface area contributed by atoms with Crippen LogP contribution >= 0.6 is 45.5 Å². The molecule has 72 valence electrons. The number of non-ortho nitro benzene ring substituents is 1. The van der Waals surface area contributed by atoms with Gasteiger partial charge in [-0.25, -0.2) is 2.90 Å². The van der Waals surface area contributed by atoms with Crippen molar-refractivity contribution >= 4 is 62.0 Å². The molecule has 2 aromatic rings. The van der Waals surface area contributed by atoms with Crippen LogP contribution in [0.3, 0.4) is 0 Å². The van der Waals surface area contributed by atoms with Crippen LogP contribution < -0.4 is 0 Å². The molecule has 1 aromatic carbocycles. The molecule has 0 fully saturated rings. The Hall–Kier alpha value is -0.450. The van der Waals surface area contributed by atoms with Gasteiger partial charge in [0.2, 0.25) is 0 Å². The molecule has 2 rings (SSSR count). The minimum absolute atomic E-state index is 0.0896. The summed E-state index contributed by atoms with van der Waals surface area (Å²) in [5.41, 5.74) is 0.857. The highest BCUT2D eigenvalue weighted by atomic mass is 127. The molecule has 0 N–H and O–H groups in total. The molecular formula is C7H3I2N3O2. The van der Waals surface area contributed by atoms with Gasteiger partial charge in [0.1, 0.15) is 3.70 Å². The number of nitro groups is 1. The second-order valence-electron chi connectivity index (χ2n) is 2.61. The second kappa shape index (κ2) is 3.61. The zero-order valence-electron chi connectivity index (χ0n) is 6.65. The van der Waals surface area contributed by atoms with Gasteiger partial charge in [-0.3, -0.25) is 10.1 Å². The zero-order chi connectivity index (χ0) is 10.3. The number of aromatic nitrogens is 2. The molecule has 7 heteroatoms. The van der Waals surface area contributed by atoms with E-state index in [0.29, 0.717) is 0 Å². The van der Waals surface area contributed by atoms with Crippen LogP contribution in [-0.4, -0.2) is 12.9 Å². The second-order valence-corrected chi connectivity index (χ2v) is 4.55. The molecule has 5 nitrogen and oxygen atoms in total. The average molecular weight is 415 g/mol. The van der Waals surface area contributed by atoms with Crippen molar-refractivity contribution in [2.45, 2.75) is 0 Å². The molecule has 0 bridgehead atoms. The van der Waals surface area contributed by atoms with Crippen LogP contribution in [0.5, 0.6) is 0 Å². The lowest BCUT2D eigenvalue weighted by atomic mass is 10.2. The molecule has 14 heavy (non-hydrogen) atoms. The van der Waals surface area contributed by atoms with Crippen LogP contribution in [0, 0.1) is 13.8 Å². The zero-order valence-corrected chi connectivity index (χ0v) is 11.0. The topological polar surface area (TPSA) is 61.0 Å². The van der Waals surface area contributed by atoms with Gasteiger partial charge in [-0.1, -0.05) is 0 Å². The van der Waals surface area contributed by atoms with Crippen LogP contribution in [0.1, 0.15) is 0 Å². The fourth-order valence-electron chi connectivity index (χ4n) is 1.15. The van der Waals surface area contributed by atoms with E-state index in [2.05, 4.69) is 27.7 Å². The number of nitrogens with zero attached hydrogens (tertiary/aromatic N) is 3. The van der Waals surface area contributed by atoms with E-state index < -0.39 is 4.92 Å². The summed E-state index contributed by atoms with van der Waals surface area (Å²) in [5.74, 6) is 0. The predicted molar refractivity (Wildman–Crippen MR) is 68.5 cm³/mol. The van der Waals surface area contributed by atoms with Crippen molar-refractivity contribution < 1.29 is 4.92 Å². The third kappa shape index (κ3) is 1.58. The summed E-state index contributed by atoms with van der Waals surface area (Å²) in [7, 11) is 0. The molecule has 0 saturated heterocycles. The van der Waals surface area contributed by atoms with Crippen LogP contribution in [0.2, 0.25) is 0 Å². The largest absolute Gasteiger partial charge is 0.271 e. The lowest BCUT2D eigenvalue weighted by Gasteiger charge is -1.92. The molecule has 0 atom stereocenters. The number of fused-ring (bicyclic) bond motifs is 1. The first-order valence-electron chi connectivity index (χ1n) is 3.58. The number of nitro benzene ring substituents is 1. The Bertz CT molecular complexity index is 523. The Morgan fingerprint density at radius 1 is 1.50 bits per heavy atom. The van der Waals surface area contributed by atoms with Crippen molar-refractivity contribution in [3.63, 3.8) is 0 Å². The molecule has 0 aliphatic rings.